The zero-order valence-electron chi connectivity index (χ0n) is 12.2. The van der Waals surface area contributed by atoms with Gasteiger partial charge < -0.3 is 10.1 Å². The third-order valence-electron chi connectivity index (χ3n) is 4.07. The lowest BCUT2D eigenvalue weighted by Crippen LogP contribution is -2.40. The molecule has 102 valence electrons. The Bertz CT molecular complexity index is 177. The van der Waals surface area contributed by atoms with E-state index in [4.69, 9.17) is 4.74 Å². The highest BCUT2D eigenvalue weighted by molar-refractivity contribution is 4.83. The third kappa shape index (κ3) is 5.39. The molecule has 1 fully saturated rings. The molecule has 1 aliphatic carbocycles. The van der Waals surface area contributed by atoms with Crippen LogP contribution in [0.25, 0.3) is 0 Å². The van der Waals surface area contributed by atoms with Crippen molar-refractivity contribution in [1.29, 1.82) is 0 Å². The topological polar surface area (TPSA) is 21.3 Å². The highest BCUT2D eigenvalue weighted by atomic mass is 16.5. The monoisotopic (exact) mass is 241 g/mol. The van der Waals surface area contributed by atoms with E-state index in [-0.39, 0.29) is 0 Å². The number of nitrogens with one attached hydrogen (secondary N) is 1. The van der Waals surface area contributed by atoms with E-state index < -0.39 is 0 Å². The van der Waals surface area contributed by atoms with Crippen molar-refractivity contribution in [2.45, 2.75) is 58.9 Å². The van der Waals surface area contributed by atoms with Crippen LogP contribution in [-0.4, -0.2) is 26.3 Å². The lowest BCUT2D eigenvalue weighted by Gasteiger charge is -2.37. The van der Waals surface area contributed by atoms with E-state index in [2.05, 4.69) is 26.1 Å². The lowest BCUT2D eigenvalue weighted by atomic mass is 9.73. The molecule has 1 saturated carbocycles. The molecule has 2 nitrogen and oxygen atoms in total. The molecular weight excluding hydrogens is 210 g/mol. The second-order valence-electron chi connectivity index (χ2n) is 6.02. The fourth-order valence-electron chi connectivity index (χ4n) is 3.42. The normalized spacial score (nSPS) is 31.4. The van der Waals surface area contributed by atoms with Crippen molar-refractivity contribution >= 4 is 0 Å². The van der Waals surface area contributed by atoms with Crippen molar-refractivity contribution in [1.82, 2.24) is 5.32 Å². The number of ether oxygens (including phenoxy) is 1. The van der Waals surface area contributed by atoms with Crippen LogP contribution in [0.4, 0.5) is 0 Å². The van der Waals surface area contributed by atoms with Gasteiger partial charge in [-0.05, 0) is 56.4 Å². The highest BCUT2D eigenvalue weighted by Crippen LogP contribution is 2.35. The minimum absolute atomic E-state index is 0.667. The summed E-state index contributed by atoms with van der Waals surface area (Å²) in [6.45, 7) is 9.10. The van der Waals surface area contributed by atoms with E-state index in [0.29, 0.717) is 6.04 Å². The Labute approximate surface area is 108 Å². The summed E-state index contributed by atoms with van der Waals surface area (Å²) in [6, 6.07) is 0.667. The first-order chi connectivity index (χ1) is 8.17. The fraction of sp³-hybridized carbons (Fsp3) is 1.00. The third-order valence-corrected chi connectivity index (χ3v) is 4.07. The van der Waals surface area contributed by atoms with Gasteiger partial charge in [-0.3, -0.25) is 0 Å². The molecule has 0 aromatic carbocycles. The SMILES string of the molecule is CCCNC(CCOC)C1CC(C)CC(C)C1. The first kappa shape index (κ1) is 15.0. The average Bonchev–Trinajstić information content (AvgIpc) is 2.28. The van der Waals surface area contributed by atoms with Crippen LogP contribution in [-0.2, 0) is 4.74 Å². The van der Waals surface area contributed by atoms with Gasteiger partial charge in [-0.1, -0.05) is 20.8 Å². The van der Waals surface area contributed by atoms with E-state index in [9.17, 15) is 0 Å². The Balaban J connectivity index is 2.47. The minimum Gasteiger partial charge on any atom is -0.385 e. The van der Waals surface area contributed by atoms with Gasteiger partial charge in [0.2, 0.25) is 0 Å². The number of rotatable bonds is 7. The summed E-state index contributed by atoms with van der Waals surface area (Å²) in [5, 5.41) is 3.74. The van der Waals surface area contributed by atoms with Crippen molar-refractivity contribution in [2.75, 3.05) is 20.3 Å². The van der Waals surface area contributed by atoms with E-state index in [1.54, 1.807) is 0 Å². The first-order valence-corrected chi connectivity index (χ1v) is 7.39. The van der Waals surface area contributed by atoms with Crippen LogP contribution in [0, 0.1) is 17.8 Å². The predicted octanol–water partition coefficient (Wildman–Crippen LogP) is 3.46. The van der Waals surface area contributed by atoms with Gasteiger partial charge >= 0.3 is 0 Å². The van der Waals surface area contributed by atoms with E-state index in [1.807, 2.05) is 7.11 Å². The van der Waals surface area contributed by atoms with Crippen LogP contribution in [0.2, 0.25) is 0 Å². The number of hydrogen-bond donors (Lipinski definition) is 1. The van der Waals surface area contributed by atoms with Gasteiger partial charge in [-0.2, -0.15) is 0 Å². The maximum Gasteiger partial charge on any atom is 0.0477 e. The molecule has 2 heteroatoms. The van der Waals surface area contributed by atoms with Gasteiger partial charge in [-0.25, -0.2) is 0 Å². The van der Waals surface area contributed by atoms with Crippen LogP contribution >= 0.6 is 0 Å². The van der Waals surface area contributed by atoms with Crippen LogP contribution < -0.4 is 5.32 Å². The zero-order valence-corrected chi connectivity index (χ0v) is 12.2. The molecule has 1 aliphatic rings. The first-order valence-electron chi connectivity index (χ1n) is 7.39. The maximum absolute atomic E-state index is 5.26. The standard InChI is InChI=1S/C15H31NO/c1-5-7-16-15(6-8-17-4)14-10-12(2)9-13(3)11-14/h12-16H,5-11H2,1-4H3. The molecule has 0 saturated heterocycles. The quantitative estimate of drug-likeness (QED) is 0.737. The van der Waals surface area contributed by atoms with Gasteiger partial charge in [0.15, 0.2) is 0 Å². The Kier molecular flexibility index (Phi) is 7.14. The predicted molar refractivity (Wildman–Crippen MR) is 74.2 cm³/mol. The smallest absolute Gasteiger partial charge is 0.0477 e. The van der Waals surface area contributed by atoms with Crippen LogP contribution in [0.5, 0.6) is 0 Å². The van der Waals surface area contributed by atoms with Gasteiger partial charge in [0, 0.05) is 19.8 Å². The lowest BCUT2D eigenvalue weighted by molar-refractivity contribution is 0.133. The van der Waals surface area contributed by atoms with Crippen molar-refractivity contribution < 1.29 is 4.74 Å². The van der Waals surface area contributed by atoms with Gasteiger partial charge in [0.25, 0.3) is 0 Å². The molecule has 0 spiro atoms. The summed E-state index contributed by atoms with van der Waals surface area (Å²) in [5.41, 5.74) is 0. The van der Waals surface area contributed by atoms with Crippen LogP contribution in [0.1, 0.15) is 52.9 Å². The molecule has 0 amide bonds. The van der Waals surface area contributed by atoms with Crippen molar-refractivity contribution in [2.24, 2.45) is 17.8 Å². The molecule has 17 heavy (non-hydrogen) atoms. The fourth-order valence-corrected chi connectivity index (χ4v) is 3.42. The summed E-state index contributed by atoms with van der Waals surface area (Å²) >= 11 is 0. The second kappa shape index (κ2) is 8.10. The summed E-state index contributed by atoms with van der Waals surface area (Å²) in [6.07, 6.45) is 6.61. The molecule has 1 rings (SSSR count). The van der Waals surface area contributed by atoms with E-state index in [0.717, 1.165) is 30.9 Å². The minimum atomic E-state index is 0.667. The van der Waals surface area contributed by atoms with Gasteiger partial charge in [0.05, 0.1) is 0 Å². The molecule has 0 heterocycles. The molecular formula is C15H31NO. The Morgan fingerprint density at radius 1 is 1.18 bits per heavy atom. The zero-order chi connectivity index (χ0) is 12.7. The molecule has 1 N–H and O–H groups in total. The number of hydrogen-bond acceptors (Lipinski definition) is 2. The Morgan fingerprint density at radius 3 is 2.35 bits per heavy atom. The molecule has 0 radical (unpaired) electrons. The van der Waals surface area contributed by atoms with Crippen LogP contribution in [0.3, 0.4) is 0 Å². The molecule has 3 unspecified atom stereocenters. The van der Waals surface area contributed by atoms with E-state index >= 15 is 0 Å². The second-order valence-corrected chi connectivity index (χ2v) is 6.02. The Hall–Kier alpha value is -0.0800. The largest absolute Gasteiger partial charge is 0.385 e. The van der Waals surface area contributed by atoms with E-state index in [1.165, 1.54) is 32.1 Å². The Morgan fingerprint density at radius 2 is 1.82 bits per heavy atom. The molecule has 3 atom stereocenters. The molecule has 0 aromatic rings. The number of methoxy groups -OCH3 is 1. The molecule has 0 aliphatic heterocycles. The molecule has 0 aromatic heterocycles. The van der Waals surface area contributed by atoms with Crippen molar-refractivity contribution in [3.8, 4) is 0 Å². The van der Waals surface area contributed by atoms with Gasteiger partial charge in [0.1, 0.15) is 0 Å². The van der Waals surface area contributed by atoms with Crippen LogP contribution in [0.15, 0.2) is 0 Å². The maximum atomic E-state index is 5.26. The summed E-state index contributed by atoms with van der Waals surface area (Å²) in [5.74, 6) is 2.66. The summed E-state index contributed by atoms with van der Waals surface area (Å²) < 4.78 is 5.26. The van der Waals surface area contributed by atoms with Gasteiger partial charge in [-0.15, -0.1) is 0 Å². The van der Waals surface area contributed by atoms with Crippen molar-refractivity contribution in [3.63, 3.8) is 0 Å². The van der Waals surface area contributed by atoms with Crippen molar-refractivity contribution in [3.05, 3.63) is 0 Å². The highest BCUT2D eigenvalue weighted by Gasteiger charge is 2.29. The molecule has 0 bridgehead atoms. The summed E-state index contributed by atoms with van der Waals surface area (Å²) in [7, 11) is 1.81. The summed E-state index contributed by atoms with van der Waals surface area (Å²) in [4.78, 5) is 0. The average molecular weight is 241 g/mol.